The Balaban J connectivity index is 2.04. The fourth-order valence-electron chi connectivity index (χ4n) is 1.37. The number of nitrogens with two attached hydrogens (primary N) is 1. The lowest BCUT2D eigenvalue weighted by Gasteiger charge is -2.08. The Morgan fingerprint density at radius 3 is 2.76 bits per heavy atom. The largest absolute Gasteiger partial charge is 0.487 e. The molecular weight excluding hydrogens is 238 g/mol. The van der Waals surface area contributed by atoms with Gasteiger partial charge in [0.1, 0.15) is 18.2 Å². The zero-order valence-electron chi connectivity index (χ0n) is 9.35. The van der Waals surface area contributed by atoms with E-state index in [1.54, 1.807) is 12.3 Å². The molecule has 0 atom stereocenters. The van der Waals surface area contributed by atoms with Crippen molar-refractivity contribution in [3.8, 4) is 5.75 Å². The summed E-state index contributed by atoms with van der Waals surface area (Å²) in [6.07, 6.45) is 3.11. The molecule has 0 unspecified atom stereocenters. The van der Waals surface area contributed by atoms with Crippen LogP contribution >= 0.6 is 11.6 Å². The average Bonchev–Trinajstić information content (AvgIpc) is 2.30. The molecule has 0 aliphatic carbocycles. The number of rotatable bonds is 3. The molecule has 0 amide bonds. The van der Waals surface area contributed by atoms with Crippen LogP contribution in [0.2, 0.25) is 5.02 Å². The van der Waals surface area contributed by atoms with Crippen LogP contribution in [-0.2, 0) is 6.61 Å². The molecule has 0 aliphatic rings. The fraction of sp³-hybridized carbons (Fsp3) is 0.167. The van der Waals surface area contributed by atoms with Gasteiger partial charge in [0.25, 0.3) is 0 Å². The lowest BCUT2D eigenvalue weighted by molar-refractivity contribution is 0.299. The number of anilines is 1. The van der Waals surface area contributed by atoms with E-state index in [4.69, 9.17) is 22.1 Å². The van der Waals surface area contributed by atoms with Gasteiger partial charge in [-0.15, -0.1) is 0 Å². The Bertz CT molecular complexity index is 514. The van der Waals surface area contributed by atoms with E-state index in [9.17, 15) is 0 Å². The van der Waals surface area contributed by atoms with Gasteiger partial charge in [0.2, 0.25) is 0 Å². The molecule has 0 aliphatic heterocycles. The van der Waals surface area contributed by atoms with Gasteiger partial charge in [0, 0.05) is 5.02 Å². The van der Waals surface area contributed by atoms with Crippen molar-refractivity contribution in [3.05, 3.63) is 46.9 Å². The summed E-state index contributed by atoms with van der Waals surface area (Å²) in [6.45, 7) is 2.30. The van der Waals surface area contributed by atoms with Crippen molar-refractivity contribution in [2.24, 2.45) is 0 Å². The molecule has 0 spiro atoms. The SMILES string of the molecule is Cc1cc(Cl)ccc1OCc1cnc(N)cn1. The van der Waals surface area contributed by atoms with Crippen LogP contribution in [-0.4, -0.2) is 9.97 Å². The number of nitrogens with zero attached hydrogens (tertiary/aromatic N) is 2. The van der Waals surface area contributed by atoms with Gasteiger partial charge in [-0.3, -0.25) is 4.98 Å². The fourth-order valence-corrected chi connectivity index (χ4v) is 1.59. The Labute approximate surface area is 104 Å². The number of aromatic nitrogens is 2. The van der Waals surface area contributed by atoms with Gasteiger partial charge in [-0.05, 0) is 30.7 Å². The molecule has 4 nitrogen and oxygen atoms in total. The summed E-state index contributed by atoms with van der Waals surface area (Å²) in [6, 6.07) is 5.48. The van der Waals surface area contributed by atoms with Gasteiger partial charge in [-0.25, -0.2) is 4.98 Å². The smallest absolute Gasteiger partial charge is 0.141 e. The molecule has 0 saturated heterocycles. The van der Waals surface area contributed by atoms with Crippen molar-refractivity contribution < 1.29 is 4.74 Å². The first-order valence-corrected chi connectivity index (χ1v) is 5.48. The Morgan fingerprint density at radius 1 is 1.29 bits per heavy atom. The van der Waals surface area contributed by atoms with Crippen LogP contribution in [0.4, 0.5) is 5.82 Å². The van der Waals surface area contributed by atoms with E-state index in [0.29, 0.717) is 17.4 Å². The number of hydrogen-bond acceptors (Lipinski definition) is 4. The summed E-state index contributed by atoms with van der Waals surface area (Å²) < 4.78 is 5.62. The Morgan fingerprint density at radius 2 is 2.12 bits per heavy atom. The third kappa shape index (κ3) is 3.07. The summed E-state index contributed by atoms with van der Waals surface area (Å²) in [5.74, 6) is 1.18. The topological polar surface area (TPSA) is 61.0 Å². The number of benzene rings is 1. The maximum atomic E-state index is 5.86. The number of halogens is 1. The molecule has 2 aromatic rings. The maximum absolute atomic E-state index is 5.86. The third-order valence-electron chi connectivity index (χ3n) is 2.24. The molecular formula is C12H12ClN3O. The van der Waals surface area contributed by atoms with Gasteiger partial charge in [-0.1, -0.05) is 11.6 Å². The third-order valence-corrected chi connectivity index (χ3v) is 2.47. The molecule has 2 rings (SSSR count). The molecule has 1 aromatic carbocycles. The van der Waals surface area contributed by atoms with Crippen molar-refractivity contribution in [2.75, 3.05) is 5.73 Å². The monoisotopic (exact) mass is 249 g/mol. The standard InChI is InChI=1S/C12H12ClN3O/c1-8-4-9(13)2-3-11(8)17-7-10-5-16-12(14)6-15-10/h2-6H,7H2,1H3,(H2,14,16). The Hall–Kier alpha value is -1.81. The van der Waals surface area contributed by atoms with E-state index in [0.717, 1.165) is 17.0 Å². The zero-order valence-corrected chi connectivity index (χ0v) is 10.1. The highest BCUT2D eigenvalue weighted by Gasteiger charge is 2.02. The van der Waals surface area contributed by atoms with Crippen molar-refractivity contribution in [2.45, 2.75) is 13.5 Å². The molecule has 0 bridgehead atoms. The van der Waals surface area contributed by atoms with E-state index in [1.165, 1.54) is 6.20 Å². The Kier molecular flexibility index (Phi) is 3.44. The first kappa shape index (κ1) is 11.7. The van der Waals surface area contributed by atoms with E-state index in [-0.39, 0.29) is 0 Å². The van der Waals surface area contributed by atoms with E-state index < -0.39 is 0 Å². The second-order valence-corrected chi connectivity index (χ2v) is 4.07. The lowest BCUT2D eigenvalue weighted by atomic mass is 10.2. The highest BCUT2D eigenvalue weighted by molar-refractivity contribution is 6.30. The van der Waals surface area contributed by atoms with Crippen LogP contribution < -0.4 is 10.5 Å². The molecule has 0 saturated carbocycles. The molecule has 1 aromatic heterocycles. The van der Waals surface area contributed by atoms with Crippen molar-refractivity contribution in [1.82, 2.24) is 9.97 Å². The molecule has 0 fully saturated rings. The molecule has 1 heterocycles. The van der Waals surface area contributed by atoms with Gasteiger partial charge in [0.15, 0.2) is 0 Å². The van der Waals surface area contributed by atoms with Crippen molar-refractivity contribution in [1.29, 1.82) is 0 Å². The predicted octanol–water partition coefficient (Wildman–Crippen LogP) is 2.60. The summed E-state index contributed by atoms with van der Waals surface area (Å²) in [7, 11) is 0. The minimum Gasteiger partial charge on any atom is -0.487 e. The predicted molar refractivity (Wildman–Crippen MR) is 67.0 cm³/mol. The van der Waals surface area contributed by atoms with Gasteiger partial charge < -0.3 is 10.5 Å². The van der Waals surface area contributed by atoms with Crippen molar-refractivity contribution in [3.63, 3.8) is 0 Å². The van der Waals surface area contributed by atoms with Crippen LogP contribution in [0.3, 0.4) is 0 Å². The van der Waals surface area contributed by atoms with Crippen LogP contribution in [0.15, 0.2) is 30.6 Å². The van der Waals surface area contributed by atoms with Gasteiger partial charge >= 0.3 is 0 Å². The summed E-state index contributed by atoms with van der Waals surface area (Å²) >= 11 is 5.86. The molecule has 17 heavy (non-hydrogen) atoms. The van der Waals surface area contributed by atoms with Gasteiger partial charge in [-0.2, -0.15) is 0 Å². The van der Waals surface area contributed by atoms with Crippen LogP contribution in [0, 0.1) is 6.92 Å². The van der Waals surface area contributed by atoms with Crippen LogP contribution in [0.5, 0.6) is 5.75 Å². The average molecular weight is 250 g/mol. The number of nitrogen functional groups attached to an aromatic ring is 1. The summed E-state index contributed by atoms with van der Waals surface area (Å²) in [4.78, 5) is 8.04. The molecule has 5 heteroatoms. The first-order valence-electron chi connectivity index (χ1n) is 5.10. The number of ether oxygens (including phenoxy) is 1. The van der Waals surface area contributed by atoms with E-state index in [2.05, 4.69) is 9.97 Å². The molecule has 0 radical (unpaired) electrons. The van der Waals surface area contributed by atoms with Crippen LogP contribution in [0.1, 0.15) is 11.3 Å². The zero-order chi connectivity index (χ0) is 12.3. The van der Waals surface area contributed by atoms with E-state index >= 15 is 0 Å². The second kappa shape index (κ2) is 5.01. The normalized spacial score (nSPS) is 10.2. The van der Waals surface area contributed by atoms with E-state index in [1.807, 2.05) is 19.1 Å². The lowest BCUT2D eigenvalue weighted by Crippen LogP contribution is -2.01. The summed E-state index contributed by atoms with van der Waals surface area (Å²) in [5.41, 5.74) is 7.16. The molecule has 88 valence electrons. The van der Waals surface area contributed by atoms with Gasteiger partial charge in [0.05, 0.1) is 18.1 Å². The maximum Gasteiger partial charge on any atom is 0.141 e. The van der Waals surface area contributed by atoms with Crippen LogP contribution in [0.25, 0.3) is 0 Å². The second-order valence-electron chi connectivity index (χ2n) is 3.63. The summed E-state index contributed by atoms with van der Waals surface area (Å²) in [5, 5.41) is 0.696. The molecule has 2 N–H and O–H groups in total. The minimum atomic E-state index is 0.357. The van der Waals surface area contributed by atoms with Crippen molar-refractivity contribution >= 4 is 17.4 Å². The quantitative estimate of drug-likeness (QED) is 0.908. The number of hydrogen-bond donors (Lipinski definition) is 1. The number of aryl methyl sites for hydroxylation is 1. The highest BCUT2D eigenvalue weighted by atomic mass is 35.5. The minimum absolute atomic E-state index is 0.357. The first-order chi connectivity index (χ1) is 8.15. The highest BCUT2D eigenvalue weighted by Crippen LogP contribution is 2.22.